The zero-order chi connectivity index (χ0) is 10.1. The average molecular weight is 186 g/mol. The van der Waals surface area contributed by atoms with Gasteiger partial charge in [0.05, 0.1) is 0 Å². The summed E-state index contributed by atoms with van der Waals surface area (Å²) in [6, 6.07) is 10.6. The van der Waals surface area contributed by atoms with E-state index in [9.17, 15) is 5.11 Å². The summed E-state index contributed by atoms with van der Waals surface area (Å²) in [6.07, 6.45) is 0. The third kappa shape index (κ3) is 1.29. The Morgan fingerprint density at radius 1 is 1.21 bits per heavy atom. The van der Waals surface area contributed by atoms with Gasteiger partial charge in [0.25, 0.3) is 0 Å². The van der Waals surface area contributed by atoms with Crippen LogP contribution >= 0.6 is 0 Å². The predicted octanol–water partition coefficient (Wildman–Crippen LogP) is 1.83. The van der Waals surface area contributed by atoms with Crippen LogP contribution in [0.3, 0.4) is 0 Å². The maximum absolute atomic E-state index is 9.57. The number of amidine groups is 1. The van der Waals surface area contributed by atoms with Crippen LogP contribution in [0.15, 0.2) is 36.4 Å². The molecule has 0 aromatic heterocycles. The third-order valence-corrected chi connectivity index (χ3v) is 2.17. The molecule has 0 saturated carbocycles. The third-order valence-electron chi connectivity index (χ3n) is 2.17. The molecule has 0 fully saturated rings. The Bertz CT molecular complexity index is 506. The highest BCUT2D eigenvalue weighted by atomic mass is 16.3. The molecule has 0 aliphatic carbocycles. The van der Waals surface area contributed by atoms with Crippen molar-refractivity contribution in [1.29, 1.82) is 5.41 Å². The lowest BCUT2D eigenvalue weighted by atomic mass is 10.1. The second-order valence-electron chi connectivity index (χ2n) is 3.13. The van der Waals surface area contributed by atoms with E-state index in [4.69, 9.17) is 11.1 Å². The van der Waals surface area contributed by atoms with Gasteiger partial charge in [-0.25, -0.2) is 0 Å². The molecule has 70 valence electrons. The lowest BCUT2D eigenvalue weighted by molar-refractivity contribution is 0.481. The molecule has 2 aromatic carbocycles. The molecule has 0 radical (unpaired) electrons. The van der Waals surface area contributed by atoms with E-state index in [2.05, 4.69) is 0 Å². The summed E-state index contributed by atoms with van der Waals surface area (Å²) in [5.74, 6) is 0.223. The first-order valence-corrected chi connectivity index (χ1v) is 4.24. The van der Waals surface area contributed by atoms with Gasteiger partial charge in [-0.2, -0.15) is 0 Å². The van der Waals surface area contributed by atoms with E-state index >= 15 is 0 Å². The van der Waals surface area contributed by atoms with Gasteiger partial charge in [-0.15, -0.1) is 0 Å². The SMILES string of the molecule is N=C(N)c1ccc2cccc(O)c2c1. The number of nitrogen functional groups attached to an aromatic ring is 1. The summed E-state index contributed by atoms with van der Waals surface area (Å²) in [5.41, 5.74) is 5.98. The predicted molar refractivity (Wildman–Crippen MR) is 56.6 cm³/mol. The lowest BCUT2D eigenvalue weighted by Gasteiger charge is -2.03. The number of nitrogens with two attached hydrogens (primary N) is 1. The Morgan fingerprint density at radius 3 is 2.71 bits per heavy atom. The molecule has 14 heavy (non-hydrogen) atoms. The Morgan fingerprint density at radius 2 is 2.00 bits per heavy atom. The van der Waals surface area contributed by atoms with Crippen LogP contribution in [0.25, 0.3) is 10.8 Å². The van der Waals surface area contributed by atoms with E-state index in [-0.39, 0.29) is 11.6 Å². The number of benzene rings is 2. The Labute approximate surface area is 81.3 Å². The molecular weight excluding hydrogens is 176 g/mol. The Hall–Kier alpha value is -2.03. The van der Waals surface area contributed by atoms with E-state index in [1.807, 2.05) is 12.1 Å². The summed E-state index contributed by atoms with van der Waals surface area (Å²) in [7, 11) is 0. The number of phenolic OH excluding ortho intramolecular Hbond substituents is 1. The number of hydrogen-bond acceptors (Lipinski definition) is 2. The fourth-order valence-electron chi connectivity index (χ4n) is 1.42. The minimum atomic E-state index is 0.00940. The first kappa shape index (κ1) is 8.56. The molecule has 2 rings (SSSR count). The van der Waals surface area contributed by atoms with Crippen LogP contribution in [0.4, 0.5) is 0 Å². The first-order valence-electron chi connectivity index (χ1n) is 4.24. The largest absolute Gasteiger partial charge is 0.507 e. The van der Waals surface area contributed by atoms with Gasteiger partial charge in [-0.3, -0.25) is 5.41 Å². The fraction of sp³-hybridized carbons (Fsp3) is 0. The highest BCUT2D eigenvalue weighted by Crippen LogP contribution is 2.24. The second-order valence-corrected chi connectivity index (χ2v) is 3.13. The Balaban J connectivity index is 2.76. The van der Waals surface area contributed by atoms with Crippen LogP contribution in [-0.4, -0.2) is 10.9 Å². The maximum Gasteiger partial charge on any atom is 0.123 e. The van der Waals surface area contributed by atoms with E-state index in [0.717, 1.165) is 10.8 Å². The van der Waals surface area contributed by atoms with Crippen LogP contribution in [-0.2, 0) is 0 Å². The maximum atomic E-state index is 9.57. The van der Waals surface area contributed by atoms with Crippen molar-refractivity contribution < 1.29 is 5.11 Å². The molecule has 3 heteroatoms. The van der Waals surface area contributed by atoms with Gasteiger partial charge in [0.1, 0.15) is 11.6 Å². The zero-order valence-electron chi connectivity index (χ0n) is 7.49. The van der Waals surface area contributed by atoms with Crippen molar-refractivity contribution in [3.63, 3.8) is 0 Å². The van der Waals surface area contributed by atoms with Gasteiger partial charge in [0, 0.05) is 10.9 Å². The molecule has 0 bridgehead atoms. The fourth-order valence-corrected chi connectivity index (χ4v) is 1.42. The Kier molecular flexibility index (Phi) is 1.85. The van der Waals surface area contributed by atoms with Gasteiger partial charge in [-0.1, -0.05) is 24.3 Å². The number of aromatic hydroxyl groups is 1. The van der Waals surface area contributed by atoms with Crippen LogP contribution in [0.5, 0.6) is 5.75 Å². The van der Waals surface area contributed by atoms with Crippen molar-refractivity contribution in [3.8, 4) is 5.75 Å². The van der Waals surface area contributed by atoms with Crippen molar-refractivity contribution >= 4 is 16.6 Å². The van der Waals surface area contributed by atoms with Crippen molar-refractivity contribution in [1.82, 2.24) is 0 Å². The number of fused-ring (bicyclic) bond motifs is 1. The molecule has 4 N–H and O–H groups in total. The smallest absolute Gasteiger partial charge is 0.123 e. The zero-order valence-corrected chi connectivity index (χ0v) is 7.49. The van der Waals surface area contributed by atoms with E-state index in [1.54, 1.807) is 24.3 Å². The van der Waals surface area contributed by atoms with Gasteiger partial charge in [0.2, 0.25) is 0 Å². The van der Waals surface area contributed by atoms with E-state index in [0.29, 0.717) is 5.56 Å². The highest BCUT2D eigenvalue weighted by molar-refractivity contribution is 6.00. The van der Waals surface area contributed by atoms with Crippen molar-refractivity contribution in [2.75, 3.05) is 0 Å². The molecule has 0 saturated heterocycles. The molecular formula is C11H10N2O. The molecule has 0 atom stereocenters. The first-order chi connectivity index (χ1) is 6.68. The molecule has 2 aromatic rings. The highest BCUT2D eigenvalue weighted by Gasteiger charge is 2.01. The molecule has 0 aliphatic heterocycles. The summed E-state index contributed by atoms with van der Waals surface area (Å²) < 4.78 is 0. The van der Waals surface area contributed by atoms with Gasteiger partial charge < -0.3 is 10.8 Å². The number of phenols is 1. The summed E-state index contributed by atoms with van der Waals surface area (Å²) in [4.78, 5) is 0. The normalized spacial score (nSPS) is 10.3. The molecule has 0 unspecified atom stereocenters. The van der Waals surface area contributed by atoms with E-state index in [1.165, 1.54) is 0 Å². The number of nitrogens with one attached hydrogen (secondary N) is 1. The van der Waals surface area contributed by atoms with Crippen LogP contribution in [0.2, 0.25) is 0 Å². The second kappa shape index (κ2) is 3.03. The van der Waals surface area contributed by atoms with Crippen molar-refractivity contribution in [2.24, 2.45) is 5.73 Å². The number of rotatable bonds is 1. The van der Waals surface area contributed by atoms with Crippen LogP contribution in [0, 0.1) is 5.41 Å². The quantitative estimate of drug-likeness (QED) is 0.469. The van der Waals surface area contributed by atoms with Gasteiger partial charge >= 0.3 is 0 Å². The lowest BCUT2D eigenvalue weighted by Crippen LogP contribution is -2.10. The number of hydrogen-bond donors (Lipinski definition) is 3. The monoisotopic (exact) mass is 186 g/mol. The molecule has 0 heterocycles. The minimum absolute atomic E-state index is 0.00940. The molecule has 3 nitrogen and oxygen atoms in total. The van der Waals surface area contributed by atoms with Gasteiger partial charge in [-0.05, 0) is 17.5 Å². The van der Waals surface area contributed by atoms with E-state index < -0.39 is 0 Å². The van der Waals surface area contributed by atoms with Crippen LogP contribution in [0.1, 0.15) is 5.56 Å². The molecule has 0 spiro atoms. The molecule has 0 amide bonds. The standard InChI is InChI=1S/C11H10N2O/c12-11(13)8-5-4-7-2-1-3-10(14)9(7)6-8/h1-6,14H,(H3,12,13). The average Bonchev–Trinajstić information content (AvgIpc) is 2.18. The summed E-state index contributed by atoms with van der Waals surface area (Å²) in [6.45, 7) is 0. The summed E-state index contributed by atoms with van der Waals surface area (Å²) in [5, 5.41) is 18.5. The van der Waals surface area contributed by atoms with Gasteiger partial charge in [0.15, 0.2) is 0 Å². The van der Waals surface area contributed by atoms with Crippen molar-refractivity contribution in [3.05, 3.63) is 42.0 Å². The topological polar surface area (TPSA) is 70.1 Å². The molecule has 0 aliphatic rings. The summed E-state index contributed by atoms with van der Waals surface area (Å²) >= 11 is 0. The van der Waals surface area contributed by atoms with Crippen LogP contribution < -0.4 is 5.73 Å². The van der Waals surface area contributed by atoms with Crippen molar-refractivity contribution in [2.45, 2.75) is 0 Å². The minimum Gasteiger partial charge on any atom is -0.507 e.